The fourth-order valence-electron chi connectivity index (χ4n) is 5.26. The highest BCUT2D eigenvalue weighted by molar-refractivity contribution is 7.89. The van der Waals surface area contributed by atoms with Gasteiger partial charge in [-0.2, -0.15) is 0 Å². The van der Waals surface area contributed by atoms with Gasteiger partial charge in [0.1, 0.15) is 17.0 Å². The molecular formula is C25H27F3N8O4S2. The van der Waals surface area contributed by atoms with E-state index in [9.17, 15) is 22.0 Å². The SMILES string of the molecule is CON(C)C(=O)N1CCC(c2ncnc3c2c2cc(F)c(S(=O)(=O)NC4(C)CC4)cc2n3-c2nnc(C(F)F)s2)CC1. The van der Waals surface area contributed by atoms with Crippen LogP contribution in [0.3, 0.4) is 0 Å². The number of nitrogens with one attached hydrogen (secondary N) is 1. The Bertz CT molecular complexity index is 1800. The Morgan fingerprint density at radius 1 is 1.21 bits per heavy atom. The lowest BCUT2D eigenvalue weighted by atomic mass is 9.91. The van der Waals surface area contributed by atoms with E-state index in [1.54, 1.807) is 11.8 Å². The molecule has 3 aromatic heterocycles. The van der Waals surface area contributed by atoms with Crippen LogP contribution in [0.25, 0.3) is 27.1 Å². The number of hydrogen-bond donors (Lipinski definition) is 1. The van der Waals surface area contributed by atoms with Crippen molar-refractivity contribution in [2.24, 2.45) is 0 Å². The van der Waals surface area contributed by atoms with Crippen LogP contribution in [0, 0.1) is 5.82 Å². The quantitative estimate of drug-likeness (QED) is 0.304. The number of fused-ring (bicyclic) bond motifs is 3. The number of hydroxylamine groups is 2. The van der Waals surface area contributed by atoms with E-state index in [4.69, 9.17) is 4.84 Å². The Labute approximate surface area is 242 Å². The summed E-state index contributed by atoms with van der Waals surface area (Å²) in [4.78, 5) is 27.6. The monoisotopic (exact) mass is 624 g/mol. The van der Waals surface area contributed by atoms with Gasteiger partial charge >= 0.3 is 6.03 Å². The number of carbonyl (C=O) groups excluding carboxylic acids is 1. The average Bonchev–Trinajstić information content (AvgIpc) is 3.34. The van der Waals surface area contributed by atoms with E-state index >= 15 is 4.39 Å². The molecule has 1 saturated heterocycles. The number of amides is 2. The Balaban J connectivity index is 1.50. The molecule has 0 spiro atoms. The second-order valence-electron chi connectivity index (χ2n) is 10.7. The van der Waals surface area contributed by atoms with Crippen molar-refractivity contribution in [2.45, 2.75) is 55.4 Å². The lowest BCUT2D eigenvalue weighted by Gasteiger charge is -2.33. The van der Waals surface area contributed by atoms with Gasteiger partial charge in [0.05, 0.1) is 18.3 Å². The molecule has 17 heteroatoms. The third kappa shape index (κ3) is 4.97. The fourth-order valence-corrected chi connectivity index (χ4v) is 7.52. The van der Waals surface area contributed by atoms with Crippen molar-refractivity contribution in [2.75, 3.05) is 27.2 Å². The van der Waals surface area contributed by atoms with Gasteiger partial charge in [-0.15, -0.1) is 10.2 Å². The summed E-state index contributed by atoms with van der Waals surface area (Å²) in [6, 6.07) is 2.01. The largest absolute Gasteiger partial charge is 0.343 e. The zero-order chi connectivity index (χ0) is 30.0. The predicted molar refractivity (Wildman–Crippen MR) is 146 cm³/mol. The minimum Gasteiger partial charge on any atom is -0.323 e. The zero-order valence-corrected chi connectivity index (χ0v) is 24.5. The van der Waals surface area contributed by atoms with Crippen LogP contribution in [-0.2, 0) is 14.9 Å². The molecule has 6 rings (SSSR count). The molecule has 1 aromatic carbocycles. The van der Waals surface area contributed by atoms with E-state index < -0.39 is 37.7 Å². The third-order valence-corrected chi connectivity index (χ3v) is 10.4. The van der Waals surface area contributed by atoms with E-state index in [1.807, 2.05) is 0 Å². The van der Waals surface area contributed by atoms with Gasteiger partial charge in [-0.25, -0.2) is 46.1 Å². The van der Waals surface area contributed by atoms with Crippen molar-refractivity contribution in [1.29, 1.82) is 0 Å². The Morgan fingerprint density at radius 3 is 2.55 bits per heavy atom. The Morgan fingerprint density at radius 2 is 1.93 bits per heavy atom. The van der Waals surface area contributed by atoms with E-state index in [-0.39, 0.29) is 28.2 Å². The standard InChI is InChI=1S/C25H27F3N8O4S2/c1-25(6-7-25)33-42(38,39)17-11-16-14(10-15(17)26)18-19(13-4-8-35(9-5-13)24(37)34(2)40-3)29-12-30-21(18)36(16)23-32-31-22(41-23)20(27)28/h10-13,20,33H,4-9H2,1-3H3. The van der Waals surface area contributed by atoms with Gasteiger partial charge < -0.3 is 4.90 Å². The summed E-state index contributed by atoms with van der Waals surface area (Å²) >= 11 is 0.627. The first-order valence-corrected chi connectivity index (χ1v) is 15.4. The van der Waals surface area contributed by atoms with Crippen LogP contribution in [0.2, 0.25) is 0 Å². The molecule has 1 N–H and O–H groups in total. The summed E-state index contributed by atoms with van der Waals surface area (Å²) in [6.07, 6.45) is 0.783. The van der Waals surface area contributed by atoms with Crippen molar-refractivity contribution in [3.8, 4) is 5.13 Å². The Kier molecular flexibility index (Phi) is 7.10. The van der Waals surface area contributed by atoms with Crippen molar-refractivity contribution in [3.63, 3.8) is 0 Å². The first kappa shape index (κ1) is 28.7. The fraction of sp³-hybridized carbons (Fsp3) is 0.480. The van der Waals surface area contributed by atoms with E-state index in [2.05, 4.69) is 24.9 Å². The van der Waals surface area contributed by atoms with Gasteiger partial charge in [0.2, 0.25) is 15.2 Å². The number of nitrogens with zero attached hydrogens (tertiary/aromatic N) is 7. The zero-order valence-electron chi connectivity index (χ0n) is 22.8. The molecule has 0 bridgehead atoms. The minimum atomic E-state index is -4.26. The third-order valence-electron chi connectivity index (χ3n) is 7.80. The molecule has 2 amide bonds. The van der Waals surface area contributed by atoms with Crippen molar-refractivity contribution in [1.82, 2.24) is 39.4 Å². The average molecular weight is 625 g/mol. The molecule has 42 heavy (non-hydrogen) atoms. The summed E-state index contributed by atoms with van der Waals surface area (Å²) in [6.45, 7) is 2.56. The van der Waals surface area contributed by atoms with Crippen LogP contribution >= 0.6 is 11.3 Å². The summed E-state index contributed by atoms with van der Waals surface area (Å²) in [5.41, 5.74) is 0.389. The molecule has 2 aliphatic rings. The van der Waals surface area contributed by atoms with Crippen molar-refractivity contribution < 1.29 is 31.2 Å². The molecule has 12 nitrogen and oxygen atoms in total. The molecule has 224 valence electrons. The Hall–Kier alpha value is -3.41. The minimum absolute atomic E-state index is 0.0232. The van der Waals surface area contributed by atoms with E-state index in [0.717, 1.165) is 11.1 Å². The number of piperidine rings is 1. The predicted octanol–water partition coefficient (Wildman–Crippen LogP) is 4.13. The van der Waals surface area contributed by atoms with Gasteiger partial charge in [-0.05, 0) is 44.7 Å². The molecule has 1 aliphatic carbocycles. The first-order chi connectivity index (χ1) is 19.9. The van der Waals surface area contributed by atoms with Gasteiger partial charge in [0.25, 0.3) is 6.43 Å². The highest BCUT2D eigenvalue weighted by Gasteiger charge is 2.42. The lowest BCUT2D eigenvalue weighted by Crippen LogP contribution is -2.44. The number of sulfonamides is 1. The number of carbonyl (C=O) groups is 1. The van der Waals surface area contributed by atoms with Gasteiger partial charge in [0.15, 0.2) is 10.7 Å². The van der Waals surface area contributed by atoms with Crippen LogP contribution < -0.4 is 4.72 Å². The maximum absolute atomic E-state index is 15.6. The summed E-state index contributed by atoms with van der Waals surface area (Å²) in [5, 5.41) is 8.91. The number of halogens is 3. The topological polar surface area (TPSA) is 135 Å². The number of alkyl halides is 2. The summed E-state index contributed by atoms with van der Waals surface area (Å²) in [5.74, 6) is -1.12. The lowest BCUT2D eigenvalue weighted by molar-refractivity contribution is -0.0773. The van der Waals surface area contributed by atoms with Crippen molar-refractivity contribution in [3.05, 3.63) is 35.0 Å². The molecule has 0 radical (unpaired) electrons. The highest BCUT2D eigenvalue weighted by atomic mass is 32.2. The molecular weight excluding hydrogens is 597 g/mol. The maximum atomic E-state index is 15.6. The van der Waals surface area contributed by atoms with Gasteiger partial charge in [-0.1, -0.05) is 11.3 Å². The van der Waals surface area contributed by atoms with Crippen LogP contribution in [0.4, 0.5) is 18.0 Å². The molecule has 0 atom stereocenters. The number of likely N-dealkylation sites (tertiary alicyclic amines) is 1. The second kappa shape index (κ2) is 10.4. The summed E-state index contributed by atoms with van der Waals surface area (Å²) in [7, 11) is -1.33. The first-order valence-electron chi connectivity index (χ1n) is 13.1. The number of rotatable bonds is 7. The number of hydrogen-bond acceptors (Lipinski definition) is 9. The molecule has 4 heterocycles. The second-order valence-corrected chi connectivity index (χ2v) is 13.3. The normalized spacial score (nSPS) is 17.5. The molecule has 0 unspecified atom stereocenters. The molecule has 4 aromatic rings. The van der Waals surface area contributed by atoms with Crippen LogP contribution in [0.1, 0.15) is 55.7 Å². The molecule has 1 aliphatic heterocycles. The van der Waals surface area contributed by atoms with E-state index in [1.165, 1.54) is 31.1 Å². The highest BCUT2D eigenvalue weighted by Crippen LogP contribution is 2.41. The maximum Gasteiger partial charge on any atom is 0.343 e. The number of aromatic nitrogens is 5. The van der Waals surface area contributed by atoms with Crippen molar-refractivity contribution >= 4 is 49.3 Å². The van der Waals surface area contributed by atoms with E-state index in [0.29, 0.717) is 66.6 Å². The smallest absolute Gasteiger partial charge is 0.323 e. The molecule has 2 fully saturated rings. The van der Waals surface area contributed by atoms with Gasteiger partial charge in [-0.3, -0.25) is 9.40 Å². The van der Waals surface area contributed by atoms with Crippen LogP contribution in [0.5, 0.6) is 0 Å². The summed E-state index contributed by atoms with van der Waals surface area (Å²) < 4.78 is 72.9. The van der Waals surface area contributed by atoms with Gasteiger partial charge in [0, 0.05) is 42.4 Å². The van der Waals surface area contributed by atoms with Crippen LogP contribution in [0.15, 0.2) is 23.4 Å². The number of urea groups is 1. The number of benzene rings is 1. The molecule has 1 saturated carbocycles. The van der Waals surface area contributed by atoms with Crippen LogP contribution in [-0.4, -0.2) is 81.9 Å².